The maximum Gasteiger partial charge on any atom is 0.255 e. The molecule has 16 heavy (non-hydrogen) atoms. The first-order chi connectivity index (χ1) is 7.49. The lowest BCUT2D eigenvalue weighted by molar-refractivity contribution is 0.0778. The van der Waals surface area contributed by atoms with Crippen molar-refractivity contribution in [2.45, 2.75) is 20.3 Å². The van der Waals surface area contributed by atoms with E-state index in [1.165, 1.54) is 6.20 Å². The van der Waals surface area contributed by atoms with Crippen LogP contribution in [-0.4, -0.2) is 28.9 Å². The van der Waals surface area contributed by atoms with Crippen LogP contribution in [0.15, 0.2) is 18.5 Å². The standard InChI is InChI=1S/C12H15ClN2O/c1-12(2)4-6-15(8-12)11(16)9-3-5-14-7-10(9)13/h3,5,7H,4,6,8H2,1-2H3. The first-order valence-corrected chi connectivity index (χ1v) is 5.76. The van der Waals surface area contributed by atoms with Gasteiger partial charge in [-0.15, -0.1) is 0 Å². The molecule has 1 aromatic heterocycles. The maximum atomic E-state index is 12.2. The molecule has 0 atom stereocenters. The van der Waals surface area contributed by atoms with Gasteiger partial charge in [0.15, 0.2) is 0 Å². The Hall–Kier alpha value is -1.09. The smallest absolute Gasteiger partial charge is 0.255 e. The van der Waals surface area contributed by atoms with Crippen LogP contribution in [0.2, 0.25) is 5.02 Å². The van der Waals surface area contributed by atoms with Gasteiger partial charge in [-0.25, -0.2) is 0 Å². The van der Waals surface area contributed by atoms with E-state index in [1.807, 2.05) is 4.90 Å². The number of amides is 1. The molecule has 1 saturated heterocycles. The van der Waals surface area contributed by atoms with Gasteiger partial charge in [-0.05, 0) is 17.9 Å². The highest BCUT2D eigenvalue weighted by molar-refractivity contribution is 6.33. The number of aromatic nitrogens is 1. The quantitative estimate of drug-likeness (QED) is 0.754. The largest absolute Gasteiger partial charge is 0.338 e. The number of likely N-dealkylation sites (tertiary alicyclic amines) is 1. The molecule has 0 N–H and O–H groups in total. The highest BCUT2D eigenvalue weighted by Crippen LogP contribution is 2.30. The third kappa shape index (κ3) is 2.19. The molecule has 2 heterocycles. The van der Waals surface area contributed by atoms with Crippen LogP contribution in [0, 0.1) is 5.41 Å². The summed E-state index contributed by atoms with van der Waals surface area (Å²) in [5.41, 5.74) is 0.768. The van der Waals surface area contributed by atoms with Gasteiger partial charge in [0.1, 0.15) is 0 Å². The van der Waals surface area contributed by atoms with E-state index in [0.29, 0.717) is 10.6 Å². The molecule has 0 aliphatic carbocycles. The van der Waals surface area contributed by atoms with E-state index in [-0.39, 0.29) is 11.3 Å². The Balaban J connectivity index is 2.18. The molecule has 2 rings (SSSR count). The lowest BCUT2D eigenvalue weighted by atomic mass is 9.93. The number of pyridine rings is 1. The van der Waals surface area contributed by atoms with Gasteiger partial charge in [-0.3, -0.25) is 9.78 Å². The predicted octanol–water partition coefficient (Wildman–Crippen LogP) is 2.61. The molecule has 0 unspecified atom stereocenters. The monoisotopic (exact) mass is 238 g/mol. The summed E-state index contributed by atoms with van der Waals surface area (Å²) in [6.07, 6.45) is 4.15. The fraction of sp³-hybridized carbons (Fsp3) is 0.500. The normalized spacial score (nSPS) is 18.8. The first kappa shape index (κ1) is 11.4. The molecule has 1 aromatic rings. The number of carbonyl (C=O) groups excluding carboxylic acids is 1. The van der Waals surface area contributed by atoms with Crippen LogP contribution in [0.3, 0.4) is 0 Å². The Labute approximate surface area is 100 Å². The van der Waals surface area contributed by atoms with E-state index in [0.717, 1.165) is 19.5 Å². The van der Waals surface area contributed by atoms with Gasteiger partial charge in [-0.2, -0.15) is 0 Å². The van der Waals surface area contributed by atoms with Crippen LogP contribution < -0.4 is 0 Å². The second-order valence-electron chi connectivity index (χ2n) is 5.00. The van der Waals surface area contributed by atoms with Crippen molar-refractivity contribution in [1.29, 1.82) is 0 Å². The van der Waals surface area contributed by atoms with Crippen molar-refractivity contribution >= 4 is 17.5 Å². The van der Waals surface area contributed by atoms with Crippen LogP contribution in [0.5, 0.6) is 0 Å². The third-order valence-electron chi connectivity index (χ3n) is 2.97. The Morgan fingerprint density at radius 1 is 1.56 bits per heavy atom. The predicted molar refractivity (Wildman–Crippen MR) is 63.5 cm³/mol. The summed E-state index contributed by atoms with van der Waals surface area (Å²) in [5, 5.41) is 0.428. The van der Waals surface area contributed by atoms with Crippen molar-refractivity contribution in [3.05, 3.63) is 29.0 Å². The molecule has 0 bridgehead atoms. The Bertz CT molecular complexity index is 417. The number of hydrogen-bond acceptors (Lipinski definition) is 2. The number of halogens is 1. The molecular formula is C12H15ClN2O. The molecule has 1 aliphatic heterocycles. The van der Waals surface area contributed by atoms with Gasteiger partial charge < -0.3 is 4.90 Å². The van der Waals surface area contributed by atoms with Crippen LogP contribution in [-0.2, 0) is 0 Å². The number of hydrogen-bond donors (Lipinski definition) is 0. The third-order valence-corrected chi connectivity index (χ3v) is 3.27. The first-order valence-electron chi connectivity index (χ1n) is 5.38. The van der Waals surface area contributed by atoms with E-state index in [2.05, 4.69) is 18.8 Å². The van der Waals surface area contributed by atoms with E-state index < -0.39 is 0 Å². The van der Waals surface area contributed by atoms with Crippen molar-refractivity contribution in [1.82, 2.24) is 9.88 Å². The highest BCUT2D eigenvalue weighted by Gasteiger charge is 2.32. The van der Waals surface area contributed by atoms with Gasteiger partial charge in [0.05, 0.1) is 10.6 Å². The van der Waals surface area contributed by atoms with Crippen molar-refractivity contribution in [3.63, 3.8) is 0 Å². The SMILES string of the molecule is CC1(C)CCN(C(=O)c2ccncc2Cl)C1. The fourth-order valence-corrected chi connectivity index (χ4v) is 2.20. The van der Waals surface area contributed by atoms with E-state index in [4.69, 9.17) is 11.6 Å². The van der Waals surface area contributed by atoms with Crippen LogP contribution in [0.25, 0.3) is 0 Å². The minimum absolute atomic E-state index is 0.0120. The number of nitrogens with zero attached hydrogens (tertiary/aromatic N) is 2. The van der Waals surface area contributed by atoms with Crippen LogP contribution in [0.4, 0.5) is 0 Å². The van der Waals surface area contributed by atoms with Crippen LogP contribution >= 0.6 is 11.6 Å². The topological polar surface area (TPSA) is 33.2 Å². The second kappa shape index (κ2) is 4.06. The molecule has 0 aromatic carbocycles. The van der Waals surface area contributed by atoms with E-state index >= 15 is 0 Å². The lowest BCUT2D eigenvalue weighted by Crippen LogP contribution is -2.30. The van der Waals surface area contributed by atoms with Crippen LogP contribution in [0.1, 0.15) is 30.6 Å². The zero-order valence-electron chi connectivity index (χ0n) is 9.53. The Morgan fingerprint density at radius 3 is 2.88 bits per heavy atom. The summed E-state index contributed by atoms with van der Waals surface area (Å²) >= 11 is 5.96. The second-order valence-corrected chi connectivity index (χ2v) is 5.40. The molecule has 1 aliphatic rings. The van der Waals surface area contributed by atoms with Gasteiger partial charge in [0.2, 0.25) is 0 Å². The van der Waals surface area contributed by atoms with E-state index in [9.17, 15) is 4.79 Å². The van der Waals surface area contributed by atoms with Crippen molar-refractivity contribution in [3.8, 4) is 0 Å². The Morgan fingerprint density at radius 2 is 2.31 bits per heavy atom. The average molecular weight is 239 g/mol. The van der Waals surface area contributed by atoms with Gasteiger partial charge in [-0.1, -0.05) is 25.4 Å². The number of rotatable bonds is 1. The van der Waals surface area contributed by atoms with Crippen molar-refractivity contribution < 1.29 is 4.79 Å². The molecule has 86 valence electrons. The summed E-state index contributed by atoms with van der Waals surface area (Å²) in [5.74, 6) is 0.0120. The molecule has 4 heteroatoms. The minimum Gasteiger partial charge on any atom is -0.338 e. The molecule has 0 radical (unpaired) electrons. The zero-order valence-corrected chi connectivity index (χ0v) is 10.3. The molecular weight excluding hydrogens is 224 g/mol. The fourth-order valence-electron chi connectivity index (χ4n) is 2.00. The average Bonchev–Trinajstić information content (AvgIpc) is 2.59. The van der Waals surface area contributed by atoms with Gasteiger partial charge in [0, 0.05) is 25.5 Å². The Kier molecular flexibility index (Phi) is 2.89. The van der Waals surface area contributed by atoms with E-state index in [1.54, 1.807) is 12.3 Å². The summed E-state index contributed by atoms with van der Waals surface area (Å²) in [6, 6.07) is 1.68. The van der Waals surface area contributed by atoms with Crippen molar-refractivity contribution in [2.24, 2.45) is 5.41 Å². The lowest BCUT2D eigenvalue weighted by Gasteiger charge is -2.20. The summed E-state index contributed by atoms with van der Waals surface area (Å²) in [7, 11) is 0. The molecule has 1 amide bonds. The summed E-state index contributed by atoms with van der Waals surface area (Å²) < 4.78 is 0. The molecule has 3 nitrogen and oxygen atoms in total. The molecule has 0 saturated carbocycles. The minimum atomic E-state index is 0.0120. The molecule has 1 fully saturated rings. The maximum absolute atomic E-state index is 12.2. The summed E-state index contributed by atoms with van der Waals surface area (Å²) in [6.45, 7) is 5.96. The number of carbonyl (C=O) groups is 1. The van der Waals surface area contributed by atoms with Gasteiger partial charge in [0.25, 0.3) is 5.91 Å². The molecule has 0 spiro atoms. The zero-order chi connectivity index (χ0) is 11.8. The van der Waals surface area contributed by atoms with Gasteiger partial charge >= 0.3 is 0 Å². The summed E-state index contributed by atoms with van der Waals surface area (Å²) in [4.78, 5) is 17.9. The highest BCUT2D eigenvalue weighted by atomic mass is 35.5. The van der Waals surface area contributed by atoms with Crippen molar-refractivity contribution in [2.75, 3.05) is 13.1 Å².